The third-order valence-electron chi connectivity index (χ3n) is 4.55. The van der Waals surface area contributed by atoms with Crippen molar-refractivity contribution in [2.24, 2.45) is 0 Å². The van der Waals surface area contributed by atoms with E-state index in [1.54, 1.807) is 21.1 Å². The first-order chi connectivity index (χ1) is 13.5. The molecule has 0 aliphatic carbocycles. The molecule has 0 heterocycles. The molecule has 3 amide bonds. The van der Waals surface area contributed by atoms with E-state index in [0.29, 0.717) is 32.4 Å². The van der Waals surface area contributed by atoms with E-state index in [4.69, 9.17) is 0 Å². The van der Waals surface area contributed by atoms with Crippen LogP contribution in [0.1, 0.15) is 32.6 Å². The molecule has 0 aromatic carbocycles. The maximum atomic E-state index is 11.5. The Morgan fingerprint density at radius 2 is 0.964 bits per heavy atom. The molecule has 0 saturated heterocycles. The minimum absolute atomic E-state index is 0.00391. The van der Waals surface area contributed by atoms with E-state index in [-0.39, 0.29) is 17.7 Å². The third kappa shape index (κ3) is 14.4. The predicted octanol–water partition coefficient (Wildman–Crippen LogP) is -1.00. The Bertz CT molecular complexity index is 427. The van der Waals surface area contributed by atoms with E-state index in [1.165, 1.54) is 0 Å². The summed E-state index contributed by atoms with van der Waals surface area (Å²) in [6.07, 6.45) is 2.42. The van der Waals surface area contributed by atoms with Crippen molar-refractivity contribution >= 4 is 17.7 Å². The smallest absolute Gasteiger partial charge is 0.221 e. The fourth-order valence-electron chi connectivity index (χ4n) is 2.74. The molecule has 4 N–H and O–H groups in total. The zero-order valence-corrected chi connectivity index (χ0v) is 18.1. The van der Waals surface area contributed by atoms with Crippen molar-refractivity contribution in [2.45, 2.75) is 32.6 Å². The van der Waals surface area contributed by atoms with Gasteiger partial charge in [0.1, 0.15) is 0 Å². The van der Waals surface area contributed by atoms with E-state index < -0.39 is 0 Å². The van der Waals surface area contributed by atoms with Crippen LogP contribution >= 0.6 is 0 Å². The molecule has 9 heteroatoms. The van der Waals surface area contributed by atoms with Crippen LogP contribution in [0.15, 0.2) is 0 Å². The van der Waals surface area contributed by atoms with Crippen LogP contribution in [0, 0.1) is 0 Å². The van der Waals surface area contributed by atoms with Gasteiger partial charge in [-0.1, -0.05) is 6.92 Å². The first-order valence-electron chi connectivity index (χ1n) is 10.2. The van der Waals surface area contributed by atoms with Gasteiger partial charge in [-0.05, 0) is 13.0 Å². The van der Waals surface area contributed by atoms with Crippen molar-refractivity contribution in [3.05, 3.63) is 0 Å². The quantitative estimate of drug-likeness (QED) is 0.233. The normalized spacial score (nSPS) is 10.9. The number of nitrogens with zero attached hydrogens (tertiary/aromatic N) is 2. The molecular weight excluding hydrogens is 360 g/mol. The molecule has 0 unspecified atom stereocenters. The lowest BCUT2D eigenvalue weighted by atomic mass is 10.3. The molecule has 0 bridgehead atoms. The summed E-state index contributed by atoms with van der Waals surface area (Å²) >= 11 is 0. The lowest BCUT2D eigenvalue weighted by Gasteiger charge is -2.23. The average molecular weight is 401 g/mol. The fourth-order valence-corrected chi connectivity index (χ4v) is 2.74. The van der Waals surface area contributed by atoms with Gasteiger partial charge in [-0.15, -0.1) is 0 Å². The van der Waals surface area contributed by atoms with Gasteiger partial charge < -0.3 is 31.1 Å². The second kappa shape index (κ2) is 17.4. The molecule has 9 nitrogen and oxygen atoms in total. The molecule has 0 aromatic rings. The molecule has 0 saturated carbocycles. The molecule has 0 aromatic heterocycles. The molecule has 0 spiro atoms. The SMILES string of the molecule is CCCN(CCNCCN(CCC(=O)NC)CCC(=O)NC)CCC(=O)NC. The summed E-state index contributed by atoms with van der Waals surface area (Å²) in [5.74, 6) is 0.0744. The third-order valence-corrected chi connectivity index (χ3v) is 4.55. The summed E-state index contributed by atoms with van der Waals surface area (Å²) in [6.45, 7) is 8.43. The first-order valence-corrected chi connectivity index (χ1v) is 10.2. The largest absolute Gasteiger partial charge is 0.359 e. The Labute approximate surface area is 170 Å². The highest BCUT2D eigenvalue weighted by molar-refractivity contribution is 5.76. The van der Waals surface area contributed by atoms with Crippen molar-refractivity contribution in [2.75, 3.05) is 73.5 Å². The average Bonchev–Trinajstić information content (AvgIpc) is 2.71. The van der Waals surface area contributed by atoms with Crippen LogP contribution in [0.5, 0.6) is 0 Å². The minimum Gasteiger partial charge on any atom is -0.359 e. The van der Waals surface area contributed by atoms with Gasteiger partial charge in [0.25, 0.3) is 0 Å². The van der Waals surface area contributed by atoms with Crippen molar-refractivity contribution in [1.29, 1.82) is 0 Å². The summed E-state index contributed by atoms with van der Waals surface area (Å²) < 4.78 is 0. The Hall–Kier alpha value is -1.71. The van der Waals surface area contributed by atoms with Crippen LogP contribution in [0.3, 0.4) is 0 Å². The molecule has 0 aliphatic rings. The second-order valence-corrected chi connectivity index (χ2v) is 6.70. The van der Waals surface area contributed by atoms with E-state index in [9.17, 15) is 14.4 Å². The van der Waals surface area contributed by atoms with Crippen molar-refractivity contribution < 1.29 is 14.4 Å². The fraction of sp³-hybridized carbons (Fsp3) is 0.842. The molecule has 0 radical (unpaired) electrons. The molecule has 0 rings (SSSR count). The molecule has 0 aliphatic heterocycles. The van der Waals surface area contributed by atoms with Crippen LogP contribution in [-0.4, -0.2) is 101 Å². The van der Waals surface area contributed by atoms with E-state index in [0.717, 1.165) is 45.7 Å². The number of amides is 3. The standard InChI is InChI=1S/C19H40N6O3/c1-5-11-24(12-6-17(26)20-2)15-9-23-10-16-25(13-7-18(27)21-3)14-8-19(28)22-4/h23H,5-16H2,1-4H3,(H,20,26)(H,21,27)(H,22,28). The van der Waals surface area contributed by atoms with Crippen molar-refractivity contribution in [1.82, 2.24) is 31.1 Å². The lowest BCUT2D eigenvalue weighted by Crippen LogP contribution is -2.40. The van der Waals surface area contributed by atoms with Crippen LogP contribution < -0.4 is 21.3 Å². The number of hydrogen-bond acceptors (Lipinski definition) is 6. The molecule has 28 heavy (non-hydrogen) atoms. The summed E-state index contributed by atoms with van der Waals surface area (Å²) in [4.78, 5) is 38.8. The highest BCUT2D eigenvalue weighted by Gasteiger charge is 2.10. The predicted molar refractivity (Wildman–Crippen MR) is 112 cm³/mol. The topological polar surface area (TPSA) is 106 Å². The zero-order chi connectivity index (χ0) is 21.2. The summed E-state index contributed by atoms with van der Waals surface area (Å²) in [6, 6.07) is 0. The van der Waals surface area contributed by atoms with Gasteiger partial charge in [-0.2, -0.15) is 0 Å². The highest BCUT2D eigenvalue weighted by atomic mass is 16.2. The minimum atomic E-state index is 0.00391. The lowest BCUT2D eigenvalue weighted by molar-refractivity contribution is -0.122. The number of carbonyl (C=O) groups is 3. The zero-order valence-electron chi connectivity index (χ0n) is 18.1. The van der Waals surface area contributed by atoms with E-state index in [2.05, 4.69) is 38.0 Å². The molecule has 164 valence electrons. The van der Waals surface area contributed by atoms with Crippen LogP contribution in [0.2, 0.25) is 0 Å². The van der Waals surface area contributed by atoms with Gasteiger partial charge in [0.2, 0.25) is 17.7 Å². The van der Waals surface area contributed by atoms with Crippen LogP contribution in [0.25, 0.3) is 0 Å². The second-order valence-electron chi connectivity index (χ2n) is 6.70. The maximum Gasteiger partial charge on any atom is 0.221 e. The first kappa shape index (κ1) is 26.3. The van der Waals surface area contributed by atoms with Gasteiger partial charge in [-0.25, -0.2) is 0 Å². The van der Waals surface area contributed by atoms with Crippen LogP contribution in [0.4, 0.5) is 0 Å². The van der Waals surface area contributed by atoms with Crippen LogP contribution in [-0.2, 0) is 14.4 Å². The molecular formula is C19H40N6O3. The molecule has 0 atom stereocenters. The number of nitrogens with one attached hydrogen (secondary N) is 4. The Morgan fingerprint density at radius 3 is 1.29 bits per heavy atom. The summed E-state index contributed by atoms with van der Waals surface area (Å²) in [5.41, 5.74) is 0. The van der Waals surface area contributed by atoms with E-state index >= 15 is 0 Å². The number of carbonyl (C=O) groups excluding carboxylic acids is 3. The summed E-state index contributed by atoms with van der Waals surface area (Å²) in [7, 11) is 4.92. The Morgan fingerprint density at radius 1 is 0.607 bits per heavy atom. The van der Waals surface area contributed by atoms with E-state index in [1.807, 2.05) is 0 Å². The van der Waals surface area contributed by atoms with Crippen molar-refractivity contribution in [3.8, 4) is 0 Å². The maximum absolute atomic E-state index is 11.5. The Kier molecular flexibility index (Phi) is 16.3. The van der Waals surface area contributed by atoms with Crippen molar-refractivity contribution in [3.63, 3.8) is 0 Å². The monoisotopic (exact) mass is 400 g/mol. The summed E-state index contributed by atoms with van der Waals surface area (Å²) in [5, 5.41) is 11.3. The van der Waals surface area contributed by atoms with Gasteiger partial charge >= 0.3 is 0 Å². The molecule has 0 fully saturated rings. The highest BCUT2D eigenvalue weighted by Crippen LogP contribution is 1.96. The van der Waals surface area contributed by atoms with Gasteiger partial charge in [0.05, 0.1) is 0 Å². The van der Waals surface area contributed by atoms with Gasteiger partial charge in [-0.3, -0.25) is 14.4 Å². The van der Waals surface area contributed by atoms with Gasteiger partial charge in [0, 0.05) is 86.2 Å². The van der Waals surface area contributed by atoms with Gasteiger partial charge in [0.15, 0.2) is 0 Å². The Balaban J connectivity index is 4.20. The number of hydrogen-bond donors (Lipinski definition) is 4. The number of rotatable bonds is 17.